The molecule has 0 aliphatic carbocycles. The van der Waals surface area contributed by atoms with Crippen molar-refractivity contribution in [1.82, 2.24) is 9.13 Å². The van der Waals surface area contributed by atoms with Gasteiger partial charge in [-0.1, -0.05) is 60.7 Å². The Morgan fingerprint density at radius 2 is 1.41 bits per heavy atom. The molecular weight excluding hydrogens is 342 g/mol. The number of hydrogen-bond donors (Lipinski definition) is 1. The maximum absolute atomic E-state index is 12.7. The van der Waals surface area contributed by atoms with Gasteiger partial charge in [-0.3, -0.25) is 18.7 Å². The van der Waals surface area contributed by atoms with Crippen LogP contribution >= 0.6 is 0 Å². The second-order valence-corrected chi connectivity index (χ2v) is 6.39. The van der Waals surface area contributed by atoms with Gasteiger partial charge in [0.1, 0.15) is 5.82 Å². The number of nitrogens with zero attached hydrogens (tertiary/aromatic N) is 2. The lowest BCUT2D eigenvalue weighted by molar-refractivity contribution is -0.116. The van der Waals surface area contributed by atoms with Crippen molar-refractivity contribution in [3.05, 3.63) is 98.7 Å². The topological polar surface area (TPSA) is 73.1 Å². The molecule has 0 aliphatic heterocycles. The molecule has 0 saturated carbocycles. The van der Waals surface area contributed by atoms with Crippen LogP contribution in [0.25, 0.3) is 0 Å². The fourth-order valence-electron chi connectivity index (χ4n) is 3.03. The van der Waals surface area contributed by atoms with E-state index in [1.807, 2.05) is 60.7 Å². The largest absolute Gasteiger partial charge is 0.332 e. The standard InChI is InChI=1S/C21H21N3O3/c1-23-18(14-20(26)24(2)21(23)27)22-19(25)13-17(15-9-5-3-6-10-15)16-11-7-4-8-12-16/h3-12,14,17H,13H2,1-2H3,(H,22,25). The van der Waals surface area contributed by atoms with E-state index in [0.717, 1.165) is 15.7 Å². The summed E-state index contributed by atoms with van der Waals surface area (Å²) in [7, 11) is 2.92. The number of aromatic nitrogens is 2. The van der Waals surface area contributed by atoms with Gasteiger partial charge in [0, 0.05) is 32.5 Å². The summed E-state index contributed by atoms with van der Waals surface area (Å²) >= 11 is 0. The van der Waals surface area contributed by atoms with E-state index in [1.54, 1.807) is 0 Å². The highest BCUT2D eigenvalue weighted by Gasteiger charge is 2.19. The predicted molar refractivity (Wildman–Crippen MR) is 105 cm³/mol. The molecule has 138 valence electrons. The molecule has 6 nitrogen and oxygen atoms in total. The molecule has 2 aromatic carbocycles. The van der Waals surface area contributed by atoms with Crippen LogP contribution in [0.15, 0.2) is 76.3 Å². The summed E-state index contributed by atoms with van der Waals surface area (Å²) in [5.74, 6) is -0.208. The molecule has 1 aromatic heterocycles. The van der Waals surface area contributed by atoms with Crippen LogP contribution in [0.2, 0.25) is 0 Å². The highest BCUT2D eigenvalue weighted by molar-refractivity contribution is 5.90. The van der Waals surface area contributed by atoms with E-state index in [4.69, 9.17) is 0 Å². The molecule has 0 spiro atoms. The zero-order valence-corrected chi connectivity index (χ0v) is 15.3. The Morgan fingerprint density at radius 1 is 0.889 bits per heavy atom. The number of rotatable bonds is 5. The zero-order valence-electron chi connectivity index (χ0n) is 15.3. The molecule has 0 aliphatic rings. The minimum absolute atomic E-state index is 0.129. The Bertz CT molecular complexity index is 1010. The molecule has 3 aromatic rings. The van der Waals surface area contributed by atoms with Crippen LogP contribution in [-0.2, 0) is 18.9 Å². The van der Waals surface area contributed by atoms with Gasteiger partial charge in [0.2, 0.25) is 5.91 Å². The molecular formula is C21H21N3O3. The van der Waals surface area contributed by atoms with Crippen molar-refractivity contribution in [3.63, 3.8) is 0 Å². The van der Waals surface area contributed by atoms with Crippen LogP contribution in [0.5, 0.6) is 0 Å². The summed E-state index contributed by atoms with van der Waals surface area (Å²) in [6.45, 7) is 0. The highest BCUT2D eigenvalue weighted by Crippen LogP contribution is 2.28. The Kier molecular flexibility index (Phi) is 5.35. The summed E-state index contributed by atoms with van der Waals surface area (Å²) in [6.07, 6.45) is 0.192. The summed E-state index contributed by atoms with van der Waals surface area (Å²) in [5, 5.41) is 2.70. The number of hydrogen-bond acceptors (Lipinski definition) is 3. The molecule has 6 heteroatoms. The molecule has 0 radical (unpaired) electrons. The van der Waals surface area contributed by atoms with Gasteiger partial charge in [0.05, 0.1) is 0 Å². The Labute approximate surface area is 156 Å². The summed E-state index contributed by atoms with van der Waals surface area (Å²) < 4.78 is 2.24. The van der Waals surface area contributed by atoms with Crippen LogP contribution < -0.4 is 16.6 Å². The SMILES string of the molecule is Cn1c(NC(=O)CC(c2ccccc2)c2ccccc2)cc(=O)n(C)c1=O. The normalized spacial score (nSPS) is 10.8. The molecule has 3 rings (SSSR count). The van der Waals surface area contributed by atoms with E-state index in [2.05, 4.69) is 5.32 Å². The molecule has 1 amide bonds. The third-order valence-electron chi connectivity index (χ3n) is 4.59. The van der Waals surface area contributed by atoms with Crippen molar-refractivity contribution in [1.29, 1.82) is 0 Å². The van der Waals surface area contributed by atoms with E-state index in [1.165, 1.54) is 24.7 Å². The molecule has 0 unspecified atom stereocenters. The van der Waals surface area contributed by atoms with Crippen LogP contribution in [-0.4, -0.2) is 15.0 Å². The number of amides is 1. The maximum Gasteiger partial charge on any atom is 0.332 e. The van der Waals surface area contributed by atoms with E-state index < -0.39 is 11.2 Å². The van der Waals surface area contributed by atoms with Crippen molar-refractivity contribution < 1.29 is 4.79 Å². The van der Waals surface area contributed by atoms with Gasteiger partial charge < -0.3 is 5.32 Å². The van der Waals surface area contributed by atoms with Crippen molar-refractivity contribution >= 4 is 11.7 Å². The molecule has 0 fully saturated rings. The Balaban J connectivity index is 1.88. The lowest BCUT2D eigenvalue weighted by atomic mass is 9.88. The van der Waals surface area contributed by atoms with E-state index >= 15 is 0 Å². The second kappa shape index (κ2) is 7.86. The number of benzene rings is 2. The van der Waals surface area contributed by atoms with Crippen molar-refractivity contribution in [2.75, 3.05) is 5.32 Å². The molecule has 1 N–H and O–H groups in total. The first-order valence-electron chi connectivity index (χ1n) is 8.64. The van der Waals surface area contributed by atoms with Gasteiger partial charge >= 0.3 is 5.69 Å². The number of carbonyl (C=O) groups excluding carboxylic acids is 1. The lowest BCUT2D eigenvalue weighted by Gasteiger charge is -2.18. The van der Waals surface area contributed by atoms with E-state index in [9.17, 15) is 14.4 Å². The minimum Gasteiger partial charge on any atom is -0.312 e. The van der Waals surface area contributed by atoms with E-state index in [-0.39, 0.29) is 24.1 Å². The maximum atomic E-state index is 12.7. The lowest BCUT2D eigenvalue weighted by Crippen LogP contribution is -2.38. The van der Waals surface area contributed by atoms with Gasteiger partial charge in [0.15, 0.2) is 0 Å². The van der Waals surface area contributed by atoms with Gasteiger partial charge in [0.25, 0.3) is 5.56 Å². The fraction of sp³-hybridized carbons (Fsp3) is 0.190. The van der Waals surface area contributed by atoms with Crippen molar-refractivity contribution in [3.8, 4) is 0 Å². The van der Waals surface area contributed by atoms with Gasteiger partial charge in [-0.25, -0.2) is 4.79 Å². The van der Waals surface area contributed by atoms with Crippen molar-refractivity contribution in [2.24, 2.45) is 14.1 Å². The average molecular weight is 363 g/mol. The molecule has 0 saturated heterocycles. The van der Waals surface area contributed by atoms with Gasteiger partial charge in [-0.15, -0.1) is 0 Å². The summed E-state index contributed by atoms with van der Waals surface area (Å²) in [6, 6.07) is 20.8. The molecule has 27 heavy (non-hydrogen) atoms. The van der Waals surface area contributed by atoms with Crippen LogP contribution in [0, 0.1) is 0 Å². The predicted octanol–water partition coefficient (Wildman–Crippen LogP) is 2.24. The minimum atomic E-state index is -0.486. The average Bonchev–Trinajstić information content (AvgIpc) is 2.70. The summed E-state index contributed by atoms with van der Waals surface area (Å²) in [5.41, 5.74) is 1.10. The molecule has 0 bridgehead atoms. The molecule has 1 heterocycles. The van der Waals surface area contributed by atoms with E-state index in [0.29, 0.717) is 0 Å². The van der Waals surface area contributed by atoms with Gasteiger partial charge in [-0.2, -0.15) is 0 Å². The van der Waals surface area contributed by atoms with Crippen LogP contribution in [0.4, 0.5) is 5.82 Å². The smallest absolute Gasteiger partial charge is 0.312 e. The Hall–Kier alpha value is -3.41. The number of carbonyl (C=O) groups is 1. The monoisotopic (exact) mass is 363 g/mol. The fourth-order valence-corrected chi connectivity index (χ4v) is 3.03. The Morgan fingerprint density at radius 3 is 1.93 bits per heavy atom. The number of nitrogens with one attached hydrogen (secondary N) is 1. The summed E-state index contributed by atoms with van der Waals surface area (Å²) in [4.78, 5) is 36.6. The zero-order chi connectivity index (χ0) is 19.4. The van der Waals surface area contributed by atoms with Crippen LogP contribution in [0.1, 0.15) is 23.5 Å². The first kappa shape index (κ1) is 18.4. The van der Waals surface area contributed by atoms with Gasteiger partial charge in [-0.05, 0) is 11.1 Å². The quantitative estimate of drug-likeness (QED) is 0.756. The molecule has 0 atom stereocenters. The third-order valence-corrected chi connectivity index (χ3v) is 4.59. The third kappa shape index (κ3) is 4.06. The van der Waals surface area contributed by atoms with Crippen LogP contribution in [0.3, 0.4) is 0 Å². The number of anilines is 1. The first-order chi connectivity index (χ1) is 13.0. The van der Waals surface area contributed by atoms with Crippen molar-refractivity contribution in [2.45, 2.75) is 12.3 Å². The highest BCUT2D eigenvalue weighted by atomic mass is 16.2. The second-order valence-electron chi connectivity index (χ2n) is 6.39. The first-order valence-corrected chi connectivity index (χ1v) is 8.64.